The normalized spacial score (nSPS) is 19.3. The van der Waals surface area contributed by atoms with Crippen molar-refractivity contribution in [3.63, 3.8) is 0 Å². The number of esters is 1. The molecule has 0 aromatic heterocycles. The van der Waals surface area contributed by atoms with E-state index < -0.39 is 30.7 Å². The van der Waals surface area contributed by atoms with E-state index in [1.807, 2.05) is 19.1 Å². The first-order valence-corrected chi connectivity index (χ1v) is 15.2. The number of benzene rings is 2. The maximum Gasteiger partial charge on any atom is 0.316 e. The highest BCUT2D eigenvalue weighted by atomic mass is 16.5. The molecular weight excluding hydrogens is 506 g/mol. The maximum atomic E-state index is 13.9. The largest absolute Gasteiger partial charge is 0.426 e. The molecule has 0 spiro atoms. The summed E-state index contributed by atoms with van der Waals surface area (Å²) in [5, 5.41) is 10.8. The lowest BCUT2D eigenvalue weighted by Crippen LogP contribution is -2.54. The molecule has 4 nitrogen and oxygen atoms in total. The predicted molar refractivity (Wildman–Crippen MR) is 174 cm³/mol. The van der Waals surface area contributed by atoms with Gasteiger partial charge in [0.2, 0.25) is 0 Å². The van der Waals surface area contributed by atoms with E-state index in [0.29, 0.717) is 28.7 Å². The molecule has 2 aromatic carbocycles. The summed E-state index contributed by atoms with van der Waals surface area (Å²) in [6, 6.07) is 10.1. The van der Waals surface area contributed by atoms with Crippen LogP contribution in [-0.4, -0.2) is 34.1 Å². The van der Waals surface area contributed by atoms with E-state index in [1.165, 1.54) is 0 Å². The van der Waals surface area contributed by atoms with Crippen molar-refractivity contribution in [2.45, 2.75) is 133 Å². The molecule has 1 N–H and O–H groups in total. The van der Waals surface area contributed by atoms with Crippen molar-refractivity contribution in [3.8, 4) is 5.75 Å². The van der Waals surface area contributed by atoms with Crippen LogP contribution in [-0.2, 0) is 4.79 Å². The number of aliphatic hydroxyl groups is 1. The van der Waals surface area contributed by atoms with Gasteiger partial charge in [-0.1, -0.05) is 52.8 Å². The summed E-state index contributed by atoms with van der Waals surface area (Å²) in [6.45, 7) is 23.3. The quantitative estimate of drug-likeness (QED) is 0.193. The molecule has 0 saturated carbocycles. The Kier molecular flexibility index (Phi) is 9.35. The number of carbonyl (C=O) groups excluding carboxylic acids is 1. The van der Waals surface area contributed by atoms with Crippen LogP contribution in [0.5, 0.6) is 5.75 Å². The van der Waals surface area contributed by atoms with E-state index >= 15 is 0 Å². The Labute approximate surface area is 258 Å². The predicted octanol–water partition coefficient (Wildman–Crippen LogP) is 9.31. The third kappa shape index (κ3) is 7.82. The summed E-state index contributed by atoms with van der Waals surface area (Å²) in [4.78, 5) is 16.5. The number of aryl methyl sites for hydroxylation is 2. The molecule has 0 amide bonds. The van der Waals surface area contributed by atoms with Gasteiger partial charge in [-0.2, -0.15) is 0 Å². The zero-order valence-corrected chi connectivity index (χ0v) is 27.9. The lowest BCUT2D eigenvalue weighted by atomic mass is 9.76. The highest BCUT2D eigenvalue weighted by Gasteiger charge is 2.37. The van der Waals surface area contributed by atoms with E-state index in [0.717, 1.165) is 43.5 Å². The van der Waals surface area contributed by atoms with Gasteiger partial charge in [0.1, 0.15) is 5.75 Å². The standard InChI is InChI=1S/C37H59NO3/c1-15-27(8)38(37(13,14)23(3)4)22-26(7)34(30-19-17-18-24(5)28(30)9)32-21-31(29(10)39)25(6)20-33(32)41-35(40)36(11,12)16-2/h17-21,23,26-27,29,34,39H,15-16,22H2,1-14H3/t26?,27?,29?,34-/m1/s1/i11D3,16D2/t26?,27?,29?,34-,36?. The molecule has 4 unspecified atom stereocenters. The van der Waals surface area contributed by atoms with E-state index in [4.69, 9.17) is 11.6 Å². The van der Waals surface area contributed by atoms with Crippen LogP contribution in [0.1, 0.15) is 141 Å². The van der Waals surface area contributed by atoms with Gasteiger partial charge in [-0.25, -0.2) is 0 Å². The van der Waals surface area contributed by atoms with Crippen LogP contribution >= 0.6 is 0 Å². The minimum Gasteiger partial charge on any atom is -0.426 e. The number of rotatable bonds is 13. The van der Waals surface area contributed by atoms with Gasteiger partial charge in [0, 0.05) is 36.5 Å². The monoisotopic (exact) mass is 570 g/mol. The molecule has 5 atom stereocenters. The van der Waals surface area contributed by atoms with Crippen molar-refractivity contribution in [2.75, 3.05) is 6.54 Å². The van der Waals surface area contributed by atoms with E-state index in [-0.39, 0.29) is 23.1 Å². The Hall–Kier alpha value is -2.17. The van der Waals surface area contributed by atoms with Gasteiger partial charge < -0.3 is 9.84 Å². The first kappa shape index (κ1) is 27.7. The van der Waals surface area contributed by atoms with E-state index in [1.54, 1.807) is 13.0 Å². The molecule has 2 aromatic rings. The van der Waals surface area contributed by atoms with Crippen LogP contribution in [0, 0.1) is 38.0 Å². The smallest absolute Gasteiger partial charge is 0.316 e. The Morgan fingerprint density at radius 2 is 1.63 bits per heavy atom. The van der Waals surface area contributed by atoms with Gasteiger partial charge in [0.05, 0.1) is 11.5 Å². The molecule has 41 heavy (non-hydrogen) atoms. The van der Waals surface area contributed by atoms with Crippen molar-refractivity contribution in [1.82, 2.24) is 4.90 Å². The molecule has 0 fully saturated rings. The number of hydrogen-bond acceptors (Lipinski definition) is 4. The van der Waals surface area contributed by atoms with E-state index in [9.17, 15) is 9.90 Å². The first-order chi connectivity index (χ1) is 20.8. The van der Waals surface area contributed by atoms with Crippen molar-refractivity contribution < 1.29 is 21.5 Å². The molecule has 0 aliphatic heterocycles. The summed E-state index contributed by atoms with van der Waals surface area (Å²) >= 11 is 0. The van der Waals surface area contributed by atoms with Crippen molar-refractivity contribution >= 4 is 5.97 Å². The fourth-order valence-electron chi connectivity index (χ4n) is 5.64. The molecule has 0 aliphatic carbocycles. The van der Waals surface area contributed by atoms with Gasteiger partial charge in [-0.05, 0) is 127 Å². The Morgan fingerprint density at radius 3 is 2.15 bits per heavy atom. The first-order valence-electron chi connectivity index (χ1n) is 17.7. The summed E-state index contributed by atoms with van der Waals surface area (Å²) in [5.74, 6) is -0.899. The molecule has 2 rings (SSSR count). The summed E-state index contributed by atoms with van der Waals surface area (Å²) in [7, 11) is 0. The zero-order chi connectivity index (χ0) is 35.7. The Balaban J connectivity index is 2.97. The van der Waals surface area contributed by atoms with Crippen molar-refractivity contribution in [3.05, 3.63) is 63.7 Å². The number of ether oxygens (including phenoxy) is 1. The molecule has 4 heteroatoms. The van der Waals surface area contributed by atoms with Crippen LogP contribution in [0.15, 0.2) is 30.3 Å². The topological polar surface area (TPSA) is 49.8 Å². The highest BCUT2D eigenvalue weighted by Crippen LogP contribution is 2.43. The zero-order valence-electron chi connectivity index (χ0n) is 32.9. The second kappa shape index (κ2) is 13.9. The van der Waals surface area contributed by atoms with Gasteiger partial charge in [0.15, 0.2) is 0 Å². The average Bonchev–Trinajstić information content (AvgIpc) is 2.92. The molecular formula is C37H59NO3. The van der Waals surface area contributed by atoms with E-state index in [2.05, 4.69) is 79.3 Å². The van der Waals surface area contributed by atoms with Crippen LogP contribution in [0.3, 0.4) is 0 Å². The molecule has 0 heterocycles. The lowest BCUT2D eigenvalue weighted by molar-refractivity contribution is -0.144. The van der Waals surface area contributed by atoms with Gasteiger partial charge in [-0.3, -0.25) is 9.69 Å². The van der Waals surface area contributed by atoms with Crippen LogP contribution in [0.25, 0.3) is 0 Å². The number of carbonyl (C=O) groups is 1. The van der Waals surface area contributed by atoms with Gasteiger partial charge in [-0.15, -0.1) is 0 Å². The summed E-state index contributed by atoms with van der Waals surface area (Å²) < 4.78 is 47.2. The minimum atomic E-state index is -2.96. The fraction of sp³-hybridized carbons (Fsp3) is 0.649. The van der Waals surface area contributed by atoms with Crippen LogP contribution in [0.4, 0.5) is 0 Å². The fourth-order valence-corrected chi connectivity index (χ4v) is 5.64. The van der Waals surface area contributed by atoms with Gasteiger partial charge >= 0.3 is 5.97 Å². The van der Waals surface area contributed by atoms with Crippen LogP contribution in [0.2, 0.25) is 0 Å². The third-order valence-electron chi connectivity index (χ3n) is 9.61. The summed E-state index contributed by atoms with van der Waals surface area (Å²) in [6.07, 6.45) is -2.22. The molecule has 0 radical (unpaired) electrons. The maximum absolute atomic E-state index is 13.9. The third-order valence-corrected chi connectivity index (χ3v) is 9.61. The lowest BCUT2D eigenvalue weighted by Gasteiger charge is -2.47. The highest BCUT2D eigenvalue weighted by molar-refractivity contribution is 5.79. The average molecular weight is 571 g/mol. The summed E-state index contributed by atoms with van der Waals surface area (Å²) in [5.41, 5.74) is 2.76. The van der Waals surface area contributed by atoms with Crippen molar-refractivity contribution in [2.24, 2.45) is 17.3 Å². The Morgan fingerprint density at radius 1 is 1.00 bits per heavy atom. The van der Waals surface area contributed by atoms with Gasteiger partial charge in [0.25, 0.3) is 0 Å². The molecule has 230 valence electrons. The Bertz CT molecular complexity index is 1350. The number of hydrogen-bond donors (Lipinski definition) is 1. The van der Waals surface area contributed by atoms with Crippen LogP contribution < -0.4 is 4.74 Å². The SMILES string of the molecule is [2H]C([2H])([2H])C(C)(C(=O)Oc1cc(C)c(C(C)O)cc1[C@@H](c1cccc(C)c1C)C(C)CN(C(C)CC)C(C)(C)C(C)C)C([2H])([2H])C. The molecule has 0 bridgehead atoms. The molecule has 0 aliphatic rings. The molecule has 0 saturated heterocycles. The minimum absolute atomic E-state index is 0.0128. The number of aliphatic hydroxyl groups excluding tert-OH is 1. The second-order valence-corrected chi connectivity index (χ2v) is 13.1. The van der Waals surface area contributed by atoms with Crippen molar-refractivity contribution in [1.29, 1.82) is 0 Å². The number of nitrogens with zero attached hydrogens (tertiary/aromatic N) is 1. The second-order valence-electron chi connectivity index (χ2n) is 13.1.